The van der Waals surface area contributed by atoms with Crippen LogP contribution in [-0.2, 0) is 4.74 Å². The minimum atomic E-state index is 0.229. The molecule has 0 radical (unpaired) electrons. The van der Waals surface area contributed by atoms with Crippen LogP contribution in [0.3, 0.4) is 0 Å². The molecule has 4 rings (SSSR count). The SMILES string of the molecule is COCC(C)N(c1nc(Nc2ccc(C)cc2)cc(N2CCCCC2)n1)C1CCCCC1. The van der Waals surface area contributed by atoms with Gasteiger partial charge in [-0.25, -0.2) is 0 Å². The van der Waals surface area contributed by atoms with Crippen LogP contribution in [-0.4, -0.2) is 48.9 Å². The zero-order valence-corrected chi connectivity index (χ0v) is 20.0. The van der Waals surface area contributed by atoms with E-state index in [0.717, 1.165) is 36.4 Å². The first-order valence-electron chi connectivity index (χ1n) is 12.4. The number of nitrogens with one attached hydrogen (secondary N) is 1. The largest absolute Gasteiger partial charge is 0.383 e. The topological polar surface area (TPSA) is 53.5 Å². The minimum absolute atomic E-state index is 0.229. The third kappa shape index (κ3) is 5.71. The summed E-state index contributed by atoms with van der Waals surface area (Å²) >= 11 is 0. The van der Waals surface area contributed by atoms with Gasteiger partial charge in [0.15, 0.2) is 0 Å². The first-order chi connectivity index (χ1) is 15.6. The number of aromatic nitrogens is 2. The molecule has 32 heavy (non-hydrogen) atoms. The van der Waals surface area contributed by atoms with E-state index in [-0.39, 0.29) is 6.04 Å². The Morgan fingerprint density at radius 1 is 1.03 bits per heavy atom. The van der Waals surface area contributed by atoms with E-state index in [0.29, 0.717) is 12.6 Å². The van der Waals surface area contributed by atoms with Gasteiger partial charge in [-0.2, -0.15) is 9.97 Å². The quantitative estimate of drug-likeness (QED) is 0.572. The molecule has 2 aromatic rings. The Bertz CT molecular complexity index is 844. The normalized spacial score (nSPS) is 18.4. The molecule has 1 aromatic carbocycles. The zero-order valence-electron chi connectivity index (χ0n) is 20.0. The zero-order chi connectivity index (χ0) is 22.3. The fraction of sp³-hybridized carbons (Fsp3) is 0.615. The lowest BCUT2D eigenvalue weighted by atomic mass is 9.93. The van der Waals surface area contributed by atoms with Crippen LogP contribution < -0.4 is 15.1 Å². The van der Waals surface area contributed by atoms with E-state index in [2.05, 4.69) is 59.3 Å². The summed E-state index contributed by atoms with van der Waals surface area (Å²) in [6, 6.07) is 11.3. The van der Waals surface area contributed by atoms with Crippen LogP contribution in [0.15, 0.2) is 30.3 Å². The van der Waals surface area contributed by atoms with E-state index >= 15 is 0 Å². The molecule has 1 saturated heterocycles. The smallest absolute Gasteiger partial charge is 0.229 e. The Kier molecular flexibility index (Phi) is 7.85. The Labute approximate surface area is 193 Å². The van der Waals surface area contributed by atoms with Gasteiger partial charge in [-0.15, -0.1) is 0 Å². The summed E-state index contributed by atoms with van der Waals surface area (Å²) < 4.78 is 5.56. The van der Waals surface area contributed by atoms with Crippen molar-refractivity contribution in [1.82, 2.24) is 9.97 Å². The predicted octanol–water partition coefficient (Wildman–Crippen LogP) is 5.69. The molecule has 1 aliphatic carbocycles. The first kappa shape index (κ1) is 22.8. The maximum absolute atomic E-state index is 5.56. The molecule has 1 atom stereocenters. The Morgan fingerprint density at radius 2 is 1.72 bits per heavy atom. The van der Waals surface area contributed by atoms with Crippen LogP contribution in [0.2, 0.25) is 0 Å². The molecule has 174 valence electrons. The van der Waals surface area contributed by atoms with Crippen molar-refractivity contribution in [3.63, 3.8) is 0 Å². The van der Waals surface area contributed by atoms with Gasteiger partial charge in [0.1, 0.15) is 11.6 Å². The highest BCUT2D eigenvalue weighted by atomic mass is 16.5. The Morgan fingerprint density at radius 3 is 2.41 bits per heavy atom. The molecule has 6 nitrogen and oxygen atoms in total. The van der Waals surface area contributed by atoms with E-state index in [4.69, 9.17) is 14.7 Å². The second-order valence-electron chi connectivity index (χ2n) is 9.45. The molecule has 6 heteroatoms. The summed E-state index contributed by atoms with van der Waals surface area (Å²) in [7, 11) is 1.78. The van der Waals surface area contributed by atoms with E-state index in [1.54, 1.807) is 7.11 Å². The summed E-state index contributed by atoms with van der Waals surface area (Å²) in [5, 5.41) is 3.54. The van der Waals surface area contributed by atoms with Crippen molar-refractivity contribution >= 4 is 23.3 Å². The summed E-state index contributed by atoms with van der Waals surface area (Å²) in [6.45, 7) is 7.16. The van der Waals surface area contributed by atoms with E-state index in [1.807, 2.05) is 0 Å². The number of benzene rings is 1. The third-order valence-electron chi connectivity index (χ3n) is 6.79. The number of anilines is 4. The van der Waals surface area contributed by atoms with Crippen molar-refractivity contribution in [3.05, 3.63) is 35.9 Å². The lowest BCUT2D eigenvalue weighted by Crippen LogP contribution is -2.46. The van der Waals surface area contributed by atoms with Gasteiger partial charge in [0.25, 0.3) is 0 Å². The molecule has 2 heterocycles. The fourth-order valence-electron chi connectivity index (χ4n) is 5.07. The van der Waals surface area contributed by atoms with Crippen molar-refractivity contribution in [3.8, 4) is 0 Å². The van der Waals surface area contributed by atoms with E-state index in [9.17, 15) is 0 Å². The van der Waals surface area contributed by atoms with Crippen LogP contribution in [0.25, 0.3) is 0 Å². The molecule has 1 unspecified atom stereocenters. The van der Waals surface area contributed by atoms with Gasteiger partial charge in [-0.3, -0.25) is 0 Å². The molecule has 0 bridgehead atoms. The number of hydrogen-bond acceptors (Lipinski definition) is 6. The molecule has 1 saturated carbocycles. The number of aryl methyl sites for hydroxylation is 1. The van der Waals surface area contributed by atoms with Crippen molar-refractivity contribution in [2.75, 3.05) is 41.9 Å². The second-order valence-corrected chi connectivity index (χ2v) is 9.45. The monoisotopic (exact) mass is 437 g/mol. The third-order valence-corrected chi connectivity index (χ3v) is 6.79. The molecular formula is C26H39N5O. The van der Waals surface area contributed by atoms with Crippen LogP contribution >= 0.6 is 0 Å². The highest BCUT2D eigenvalue weighted by molar-refractivity contribution is 5.62. The average Bonchev–Trinajstić information content (AvgIpc) is 2.82. The van der Waals surface area contributed by atoms with Crippen molar-refractivity contribution < 1.29 is 4.74 Å². The summed E-state index contributed by atoms with van der Waals surface area (Å²) in [6.07, 6.45) is 10.1. The maximum Gasteiger partial charge on any atom is 0.229 e. The van der Waals surface area contributed by atoms with Gasteiger partial charge in [0.2, 0.25) is 5.95 Å². The summed E-state index contributed by atoms with van der Waals surface area (Å²) in [5.74, 6) is 2.73. The Hall–Kier alpha value is -2.34. The number of piperidine rings is 1. The van der Waals surface area contributed by atoms with Crippen LogP contribution in [0.4, 0.5) is 23.3 Å². The molecule has 0 amide bonds. The Balaban J connectivity index is 1.70. The van der Waals surface area contributed by atoms with Gasteiger partial charge in [0, 0.05) is 38.0 Å². The lowest BCUT2D eigenvalue weighted by molar-refractivity contribution is 0.175. The van der Waals surface area contributed by atoms with Gasteiger partial charge < -0.3 is 19.9 Å². The molecule has 2 fully saturated rings. The highest BCUT2D eigenvalue weighted by Gasteiger charge is 2.29. The number of hydrogen-bond donors (Lipinski definition) is 1. The number of ether oxygens (including phenoxy) is 1. The molecule has 1 aromatic heterocycles. The van der Waals surface area contributed by atoms with E-state index in [1.165, 1.54) is 56.9 Å². The van der Waals surface area contributed by atoms with Crippen LogP contribution in [0.1, 0.15) is 63.9 Å². The van der Waals surface area contributed by atoms with E-state index < -0.39 is 0 Å². The number of methoxy groups -OCH3 is 1. The second kappa shape index (κ2) is 11.0. The first-order valence-corrected chi connectivity index (χ1v) is 12.4. The van der Waals surface area contributed by atoms with Gasteiger partial charge in [-0.05, 0) is 58.1 Å². The average molecular weight is 438 g/mol. The summed E-state index contributed by atoms with van der Waals surface area (Å²) in [4.78, 5) is 15.0. The van der Waals surface area contributed by atoms with Crippen LogP contribution in [0.5, 0.6) is 0 Å². The maximum atomic E-state index is 5.56. The van der Waals surface area contributed by atoms with Crippen molar-refractivity contribution in [2.24, 2.45) is 0 Å². The minimum Gasteiger partial charge on any atom is -0.383 e. The van der Waals surface area contributed by atoms with Gasteiger partial charge in [-0.1, -0.05) is 37.0 Å². The van der Waals surface area contributed by atoms with Crippen molar-refractivity contribution in [1.29, 1.82) is 0 Å². The van der Waals surface area contributed by atoms with Gasteiger partial charge in [0.05, 0.1) is 12.6 Å². The highest BCUT2D eigenvalue weighted by Crippen LogP contribution is 2.31. The number of rotatable bonds is 8. The number of nitrogens with zero attached hydrogens (tertiary/aromatic N) is 4. The molecule has 2 aliphatic rings. The molecular weight excluding hydrogens is 398 g/mol. The van der Waals surface area contributed by atoms with Crippen molar-refractivity contribution in [2.45, 2.75) is 77.3 Å². The predicted molar refractivity (Wildman–Crippen MR) is 133 cm³/mol. The molecule has 1 N–H and O–H groups in total. The fourth-order valence-corrected chi connectivity index (χ4v) is 5.07. The lowest BCUT2D eigenvalue weighted by Gasteiger charge is -2.39. The molecule has 1 aliphatic heterocycles. The van der Waals surface area contributed by atoms with Gasteiger partial charge >= 0.3 is 0 Å². The standard InChI is InChI=1S/C26H39N5O/c1-20-12-14-22(15-13-20)27-24-18-25(30-16-8-5-9-17-30)29-26(28-24)31(21(2)19-32-3)23-10-6-4-7-11-23/h12-15,18,21,23H,4-11,16-17,19H2,1-3H3,(H,27,28,29). The molecule has 0 spiro atoms. The van der Waals surface area contributed by atoms with Crippen LogP contribution in [0, 0.1) is 6.92 Å². The summed E-state index contributed by atoms with van der Waals surface area (Å²) in [5.41, 5.74) is 2.31.